The van der Waals surface area contributed by atoms with Gasteiger partial charge >= 0.3 is 0 Å². The molecule has 2 aliphatic rings. The van der Waals surface area contributed by atoms with Crippen molar-refractivity contribution in [3.8, 4) is 0 Å². The number of rotatable bonds is 3. The fourth-order valence-corrected chi connectivity index (χ4v) is 3.70. The van der Waals surface area contributed by atoms with Crippen molar-refractivity contribution in [3.63, 3.8) is 0 Å². The van der Waals surface area contributed by atoms with Crippen molar-refractivity contribution < 1.29 is 14.3 Å². The van der Waals surface area contributed by atoms with E-state index in [0.29, 0.717) is 13.2 Å². The van der Waals surface area contributed by atoms with E-state index < -0.39 is 0 Å². The number of ketones is 1. The predicted molar refractivity (Wildman–Crippen MR) is 87.5 cm³/mol. The van der Waals surface area contributed by atoms with Crippen molar-refractivity contribution in [3.05, 3.63) is 36.0 Å². The smallest absolute Gasteiger partial charge is 0.181 e. The van der Waals surface area contributed by atoms with E-state index in [1.807, 2.05) is 37.4 Å². The van der Waals surface area contributed by atoms with Gasteiger partial charge in [-0.15, -0.1) is 0 Å². The van der Waals surface area contributed by atoms with Gasteiger partial charge in [0.25, 0.3) is 0 Å². The molecule has 23 heavy (non-hydrogen) atoms. The summed E-state index contributed by atoms with van der Waals surface area (Å²) < 4.78 is 11.5. The fraction of sp³-hybridized carbons (Fsp3) is 0.500. The second-order valence-corrected chi connectivity index (χ2v) is 6.43. The number of hydrogen-bond donors (Lipinski definition) is 1. The number of Topliss-reactive ketones (excluding diaryl/α,β-unsaturated/α-hetero) is 1. The zero-order valence-corrected chi connectivity index (χ0v) is 13.4. The quantitative estimate of drug-likeness (QED) is 0.885. The zero-order chi connectivity index (χ0) is 15.9. The highest BCUT2D eigenvalue weighted by Gasteiger charge is 2.41. The molecule has 122 valence electrons. The summed E-state index contributed by atoms with van der Waals surface area (Å²) >= 11 is 0. The number of piperidine rings is 1. The minimum absolute atomic E-state index is 0.132. The second kappa shape index (κ2) is 5.74. The lowest BCUT2D eigenvalue weighted by Gasteiger charge is -2.39. The van der Waals surface area contributed by atoms with Gasteiger partial charge in [0.15, 0.2) is 11.6 Å². The molecule has 0 bridgehead atoms. The lowest BCUT2D eigenvalue weighted by atomic mass is 9.98. The van der Waals surface area contributed by atoms with Crippen LogP contribution in [0, 0.1) is 0 Å². The van der Waals surface area contributed by atoms with Gasteiger partial charge in [0.05, 0.1) is 19.3 Å². The summed E-state index contributed by atoms with van der Waals surface area (Å²) in [5.41, 5.74) is 1.79. The van der Waals surface area contributed by atoms with Crippen molar-refractivity contribution in [2.75, 3.05) is 26.3 Å². The van der Waals surface area contributed by atoms with Crippen molar-refractivity contribution in [1.82, 2.24) is 9.88 Å². The maximum Gasteiger partial charge on any atom is 0.181 e. The summed E-state index contributed by atoms with van der Waals surface area (Å²) in [4.78, 5) is 18.3. The van der Waals surface area contributed by atoms with Crippen molar-refractivity contribution in [2.45, 2.75) is 31.6 Å². The summed E-state index contributed by atoms with van der Waals surface area (Å²) in [6, 6.07) is 7.81. The lowest BCUT2D eigenvalue weighted by Crippen LogP contribution is -2.50. The molecule has 0 aliphatic carbocycles. The molecule has 5 nitrogen and oxygen atoms in total. The number of likely N-dealkylation sites (tertiary alicyclic amines) is 1. The molecule has 1 aromatic carbocycles. The first-order valence-corrected chi connectivity index (χ1v) is 8.31. The molecule has 1 spiro atoms. The van der Waals surface area contributed by atoms with E-state index in [-0.39, 0.29) is 17.6 Å². The Bertz CT molecular complexity index is 708. The topological polar surface area (TPSA) is 54.6 Å². The van der Waals surface area contributed by atoms with E-state index in [0.717, 1.165) is 42.4 Å². The number of aromatic amines is 1. The molecule has 1 unspecified atom stereocenters. The van der Waals surface area contributed by atoms with Crippen molar-refractivity contribution in [1.29, 1.82) is 0 Å². The molecule has 3 heterocycles. The lowest BCUT2D eigenvalue weighted by molar-refractivity contribution is -0.186. The summed E-state index contributed by atoms with van der Waals surface area (Å²) in [7, 11) is 0. The van der Waals surface area contributed by atoms with E-state index in [9.17, 15) is 4.79 Å². The van der Waals surface area contributed by atoms with Crippen LogP contribution >= 0.6 is 0 Å². The van der Waals surface area contributed by atoms with Crippen LogP contribution in [0.1, 0.15) is 30.1 Å². The van der Waals surface area contributed by atoms with Gasteiger partial charge in [-0.3, -0.25) is 9.69 Å². The predicted octanol–water partition coefficient (Wildman–Crippen LogP) is 2.58. The molecular formula is C18H22N2O3. The van der Waals surface area contributed by atoms with E-state index in [1.54, 1.807) is 0 Å². The highest BCUT2D eigenvalue weighted by Crippen LogP contribution is 2.32. The molecule has 0 saturated carbocycles. The van der Waals surface area contributed by atoms with Gasteiger partial charge in [0, 0.05) is 48.6 Å². The SMILES string of the molecule is CC(C(=O)c1c[nH]c2ccccc12)N1CCC2(CC1)OCCO2. The Morgan fingerprint density at radius 2 is 1.91 bits per heavy atom. The van der Waals surface area contributed by atoms with Crippen LogP contribution in [0.15, 0.2) is 30.5 Å². The summed E-state index contributed by atoms with van der Waals surface area (Å²) in [6.07, 6.45) is 3.50. The van der Waals surface area contributed by atoms with Gasteiger partial charge in [-0.2, -0.15) is 0 Å². The monoisotopic (exact) mass is 314 g/mol. The third-order valence-electron chi connectivity index (χ3n) is 5.16. The third-order valence-corrected chi connectivity index (χ3v) is 5.16. The molecule has 2 aliphatic heterocycles. The number of benzene rings is 1. The number of carbonyl (C=O) groups excluding carboxylic acids is 1. The van der Waals surface area contributed by atoms with Gasteiger partial charge in [-0.1, -0.05) is 18.2 Å². The molecular weight excluding hydrogens is 292 g/mol. The molecule has 0 amide bonds. The Labute approximate surface area is 135 Å². The molecule has 1 atom stereocenters. The van der Waals surface area contributed by atoms with Gasteiger partial charge < -0.3 is 14.5 Å². The highest BCUT2D eigenvalue weighted by atomic mass is 16.7. The molecule has 2 fully saturated rings. The van der Waals surface area contributed by atoms with E-state index in [1.165, 1.54) is 0 Å². The summed E-state index contributed by atoms with van der Waals surface area (Å²) in [6.45, 7) is 5.02. The number of hydrogen-bond acceptors (Lipinski definition) is 4. The van der Waals surface area contributed by atoms with Gasteiger partial charge in [-0.25, -0.2) is 0 Å². The van der Waals surface area contributed by atoms with Crippen LogP contribution in [0.4, 0.5) is 0 Å². The average Bonchev–Trinajstić information content (AvgIpc) is 3.21. The normalized spacial score (nSPS) is 22.7. The van der Waals surface area contributed by atoms with Crippen LogP contribution in [0.3, 0.4) is 0 Å². The maximum absolute atomic E-state index is 12.9. The Kier molecular flexibility index (Phi) is 3.71. The first kappa shape index (κ1) is 14.9. The number of para-hydroxylation sites is 1. The standard InChI is InChI=1S/C18H22N2O3/c1-13(20-8-6-18(7-9-20)22-10-11-23-18)17(21)15-12-19-16-5-3-2-4-14(15)16/h2-5,12-13,19H,6-11H2,1H3. The minimum Gasteiger partial charge on any atom is -0.360 e. The summed E-state index contributed by atoms with van der Waals surface area (Å²) in [5, 5.41) is 1.00. The van der Waals surface area contributed by atoms with Crippen LogP contribution in [0.2, 0.25) is 0 Å². The Morgan fingerprint density at radius 1 is 1.22 bits per heavy atom. The zero-order valence-electron chi connectivity index (χ0n) is 13.4. The number of fused-ring (bicyclic) bond motifs is 1. The maximum atomic E-state index is 12.9. The molecule has 2 saturated heterocycles. The minimum atomic E-state index is -0.389. The Balaban J connectivity index is 1.48. The molecule has 5 heteroatoms. The van der Waals surface area contributed by atoms with Crippen molar-refractivity contribution in [2.24, 2.45) is 0 Å². The fourth-order valence-electron chi connectivity index (χ4n) is 3.70. The third kappa shape index (κ3) is 2.59. The largest absolute Gasteiger partial charge is 0.360 e. The molecule has 2 aromatic rings. The number of nitrogens with one attached hydrogen (secondary N) is 1. The number of aromatic nitrogens is 1. The highest BCUT2D eigenvalue weighted by molar-refractivity contribution is 6.10. The Morgan fingerprint density at radius 3 is 2.65 bits per heavy atom. The molecule has 0 radical (unpaired) electrons. The van der Waals surface area contributed by atoms with Crippen LogP contribution in [-0.2, 0) is 9.47 Å². The van der Waals surface area contributed by atoms with Crippen LogP contribution in [0.25, 0.3) is 10.9 Å². The Hall–Kier alpha value is -1.69. The van der Waals surface area contributed by atoms with Crippen molar-refractivity contribution >= 4 is 16.7 Å². The van der Waals surface area contributed by atoms with Gasteiger partial charge in [0.1, 0.15) is 0 Å². The van der Waals surface area contributed by atoms with Gasteiger partial charge in [-0.05, 0) is 13.0 Å². The molecule has 4 rings (SSSR count). The number of H-pyrrole nitrogens is 1. The van der Waals surface area contributed by atoms with Crippen LogP contribution in [0.5, 0.6) is 0 Å². The van der Waals surface area contributed by atoms with Crippen LogP contribution in [-0.4, -0.2) is 53.8 Å². The van der Waals surface area contributed by atoms with E-state index in [4.69, 9.17) is 9.47 Å². The molecule has 1 N–H and O–H groups in total. The van der Waals surface area contributed by atoms with Gasteiger partial charge in [0.2, 0.25) is 0 Å². The first-order valence-electron chi connectivity index (χ1n) is 8.31. The van der Waals surface area contributed by atoms with E-state index >= 15 is 0 Å². The first-order chi connectivity index (χ1) is 11.2. The summed E-state index contributed by atoms with van der Waals surface area (Å²) in [5.74, 6) is -0.216. The van der Waals surface area contributed by atoms with Crippen LogP contribution < -0.4 is 0 Å². The second-order valence-electron chi connectivity index (χ2n) is 6.43. The number of ether oxygens (including phenoxy) is 2. The average molecular weight is 314 g/mol. The molecule has 1 aromatic heterocycles. The number of nitrogens with zero attached hydrogens (tertiary/aromatic N) is 1. The number of carbonyl (C=O) groups is 1. The van der Waals surface area contributed by atoms with E-state index in [2.05, 4.69) is 9.88 Å².